The van der Waals surface area contributed by atoms with Crippen molar-refractivity contribution in [3.63, 3.8) is 0 Å². The van der Waals surface area contributed by atoms with Crippen molar-refractivity contribution in [2.75, 3.05) is 0 Å². The van der Waals surface area contributed by atoms with Crippen LogP contribution in [0, 0.1) is 0 Å². The zero-order valence-corrected chi connectivity index (χ0v) is 40.2. The molecule has 2 aliphatic carbocycles. The molecular weight excluding hydrogens is 905 g/mol. The topological polar surface area (TPSA) is 0 Å². The van der Waals surface area contributed by atoms with E-state index in [9.17, 15) is 0 Å². The molecule has 328 valence electrons. The summed E-state index contributed by atoms with van der Waals surface area (Å²) in [5.74, 6) is 0. The third-order valence-corrected chi connectivity index (χ3v) is 18.9. The summed E-state index contributed by atoms with van der Waals surface area (Å²) in [7, 11) is 0. The molecule has 2 aliphatic rings. The highest BCUT2D eigenvalue weighted by atomic mass is 32.1. The molecule has 14 aromatic carbocycles. The van der Waals surface area contributed by atoms with Gasteiger partial charge < -0.3 is 0 Å². The van der Waals surface area contributed by atoms with Crippen LogP contribution in [0.15, 0.2) is 218 Å². The Kier molecular flexibility index (Phi) is 7.20. The maximum atomic E-state index is 2.52. The lowest BCUT2D eigenvalue weighted by atomic mass is 9.80. The molecule has 0 aliphatic heterocycles. The second-order valence-electron chi connectivity index (χ2n) is 20.1. The molecule has 0 fully saturated rings. The number of hydrogen-bond acceptors (Lipinski definition) is 2. The van der Waals surface area contributed by atoms with E-state index in [1.165, 1.54) is 183 Å². The molecule has 0 nitrogen and oxygen atoms in total. The normalized spacial score (nSPS) is 12.7. The quantitative estimate of drug-likeness (QED) is 0.152. The Balaban J connectivity index is 1.03. The standard InChI is InChI=1S/C70H36S2/c1-3-13-42-37(11-1)32-58-54-31-39-23-26-50-44(53(39)36-55(54)49-19-9-17-47(42)66(49)58)27-28-52-64(40-24-29-62-56(34-40)45-15-5-7-21-60(45)71-62)70-59-33-38-12-2-4-14-43(38)48-18-10-20-51(67(48)59)69(70)65(68(50)52)41-25-30-63-57(35-41)46-16-6-8-22-61(46)72-63/h1-36H. The Morgan fingerprint density at radius 2 is 0.667 bits per heavy atom. The van der Waals surface area contributed by atoms with Crippen molar-refractivity contribution in [1.29, 1.82) is 0 Å². The Morgan fingerprint density at radius 1 is 0.194 bits per heavy atom. The van der Waals surface area contributed by atoms with E-state index in [1.54, 1.807) is 0 Å². The second kappa shape index (κ2) is 13.6. The second-order valence-corrected chi connectivity index (χ2v) is 22.3. The molecule has 0 amide bonds. The number of rotatable bonds is 2. The predicted molar refractivity (Wildman–Crippen MR) is 314 cm³/mol. The average molecular weight is 941 g/mol. The first-order valence-corrected chi connectivity index (χ1v) is 26.6. The van der Waals surface area contributed by atoms with Gasteiger partial charge in [-0.3, -0.25) is 0 Å². The first kappa shape index (κ1) is 38.1. The van der Waals surface area contributed by atoms with Crippen LogP contribution in [0.4, 0.5) is 0 Å². The summed E-state index contributed by atoms with van der Waals surface area (Å²) >= 11 is 3.78. The lowest BCUT2D eigenvalue weighted by molar-refractivity contribution is 1.68. The molecule has 0 spiro atoms. The van der Waals surface area contributed by atoms with Gasteiger partial charge in [0.25, 0.3) is 0 Å². The first-order valence-electron chi connectivity index (χ1n) is 25.0. The monoisotopic (exact) mass is 940 g/mol. The minimum absolute atomic E-state index is 1.25. The Labute approximate surface area is 420 Å². The summed E-state index contributed by atoms with van der Waals surface area (Å²) in [6.45, 7) is 0. The van der Waals surface area contributed by atoms with E-state index >= 15 is 0 Å². The van der Waals surface area contributed by atoms with Gasteiger partial charge in [0.1, 0.15) is 0 Å². The van der Waals surface area contributed by atoms with Crippen molar-refractivity contribution in [2.45, 2.75) is 0 Å². The molecule has 2 heteroatoms. The maximum absolute atomic E-state index is 2.52. The van der Waals surface area contributed by atoms with E-state index in [0.717, 1.165) is 0 Å². The van der Waals surface area contributed by atoms with Crippen LogP contribution in [0.1, 0.15) is 0 Å². The lowest BCUT2D eigenvalue weighted by Crippen LogP contribution is -1.95. The minimum Gasteiger partial charge on any atom is -0.135 e. The van der Waals surface area contributed by atoms with Crippen LogP contribution in [0.25, 0.3) is 183 Å². The molecule has 0 unspecified atom stereocenters. The summed E-state index contributed by atoms with van der Waals surface area (Å²) in [6.07, 6.45) is 0. The minimum atomic E-state index is 1.25. The van der Waals surface area contributed by atoms with Crippen LogP contribution in [0.3, 0.4) is 0 Å². The SMILES string of the molecule is c1ccc2c(c1)cc1c3c(cccc32)-c2cc3c(ccc4c3ccc3c(-c5ccc6sc7ccccc7c6c5)c5c(c(-c6ccc7sc8ccccc8c7c6)c34)-c3cccc4c3c-5cc3ccccc34)cc2-1. The molecule has 0 atom stereocenters. The molecule has 0 radical (unpaired) electrons. The summed E-state index contributed by atoms with van der Waals surface area (Å²) in [6, 6.07) is 84.0. The van der Waals surface area contributed by atoms with Crippen molar-refractivity contribution >= 4 is 138 Å². The van der Waals surface area contributed by atoms with E-state index in [4.69, 9.17) is 0 Å². The third kappa shape index (κ3) is 4.82. The zero-order valence-electron chi connectivity index (χ0n) is 38.6. The highest BCUT2D eigenvalue weighted by molar-refractivity contribution is 7.26. The molecule has 0 bridgehead atoms. The molecule has 16 aromatic rings. The van der Waals surface area contributed by atoms with Crippen molar-refractivity contribution in [2.24, 2.45) is 0 Å². The van der Waals surface area contributed by atoms with Crippen LogP contribution in [-0.2, 0) is 0 Å². The summed E-state index contributed by atoms with van der Waals surface area (Å²) in [5.41, 5.74) is 15.7. The van der Waals surface area contributed by atoms with Gasteiger partial charge in [-0.25, -0.2) is 0 Å². The molecule has 72 heavy (non-hydrogen) atoms. The van der Waals surface area contributed by atoms with Gasteiger partial charge in [-0.2, -0.15) is 0 Å². The van der Waals surface area contributed by atoms with Crippen molar-refractivity contribution < 1.29 is 0 Å². The highest BCUT2D eigenvalue weighted by Gasteiger charge is 2.33. The first-order chi connectivity index (χ1) is 35.7. The molecule has 2 aromatic heterocycles. The largest absolute Gasteiger partial charge is 0.135 e. The highest BCUT2D eigenvalue weighted by Crippen LogP contribution is 2.61. The lowest BCUT2D eigenvalue weighted by Gasteiger charge is -2.22. The fraction of sp³-hybridized carbons (Fsp3) is 0. The molecule has 18 rings (SSSR count). The average Bonchev–Trinajstić information content (AvgIpc) is 4.18. The van der Waals surface area contributed by atoms with Gasteiger partial charge in [-0.1, -0.05) is 158 Å². The molecule has 2 heterocycles. The molecule has 0 saturated heterocycles. The van der Waals surface area contributed by atoms with Crippen LogP contribution in [0.5, 0.6) is 0 Å². The Morgan fingerprint density at radius 3 is 1.36 bits per heavy atom. The fourth-order valence-electron chi connectivity index (χ4n) is 13.7. The fourth-order valence-corrected chi connectivity index (χ4v) is 15.9. The zero-order chi connectivity index (χ0) is 46.5. The van der Waals surface area contributed by atoms with Crippen LogP contribution < -0.4 is 0 Å². The van der Waals surface area contributed by atoms with Gasteiger partial charge in [0.2, 0.25) is 0 Å². The van der Waals surface area contributed by atoms with Crippen molar-refractivity contribution in [3.05, 3.63) is 218 Å². The van der Waals surface area contributed by atoms with Crippen molar-refractivity contribution in [1.82, 2.24) is 0 Å². The van der Waals surface area contributed by atoms with Crippen LogP contribution in [0.2, 0.25) is 0 Å². The van der Waals surface area contributed by atoms with Gasteiger partial charge in [0.15, 0.2) is 0 Å². The summed E-state index contributed by atoms with van der Waals surface area (Å²) in [5, 5.41) is 23.5. The van der Waals surface area contributed by atoms with E-state index in [2.05, 4.69) is 218 Å². The number of hydrogen-bond donors (Lipinski definition) is 0. The Bertz CT molecular complexity index is 5220. The Hall–Kier alpha value is -8.66. The molecule has 0 saturated carbocycles. The van der Waals surface area contributed by atoms with Gasteiger partial charge in [-0.05, 0) is 203 Å². The number of benzene rings is 14. The van der Waals surface area contributed by atoms with Crippen LogP contribution in [-0.4, -0.2) is 0 Å². The molecular formula is C70H36S2. The predicted octanol–water partition coefficient (Wildman–Crippen LogP) is 21.1. The summed E-state index contributed by atoms with van der Waals surface area (Å²) in [4.78, 5) is 0. The van der Waals surface area contributed by atoms with Gasteiger partial charge in [0.05, 0.1) is 0 Å². The van der Waals surface area contributed by atoms with Crippen LogP contribution >= 0.6 is 22.7 Å². The van der Waals surface area contributed by atoms with Crippen molar-refractivity contribution in [3.8, 4) is 66.8 Å². The number of thiophene rings is 2. The smallest absolute Gasteiger partial charge is 0.0355 e. The van der Waals surface area contributed by atoms with Gasteiger partial charge in [-0.15, -0.1) is 22.7 Å². The maximum Gasteiger partial charge on any atom is 0.0355 e. The van der Waals surface area contributed by atoms with E-state index in [-0.39, 0.29) is 0 Å². The molecule has 0 N–H and O–H groups in total. The van der Waals surface area contributed by atoms with E-state index < -0.39 is 0 Å². The summed E-state index contributed by atoms with van der Waals surface area (Å²) < 4.78 is 5.29. The van der Waals surface area contributed by atoms with E-state index in [1.807, 2.05) is 22.7 Å². The van der Waals surface area contributed by atoms with Gasteiger partial charge >= 0.3 is 0 Å². The number of fused-ring (bicyclic) bond motifs is 21. The van der Waals surface area contributed by atoms with E-state index in [0.29, 0.717) is 0 Å². The van der Waals surface area contributed by atoms with Gasteiger partial charge in [0, 0.05) is 40.3 Å². The third-order valence-electron chi connectivity index (χ3n) is 16.6.